The molecule has 0 bridgehead atoms. The molecular weight excluding hydrogens is 356 g/mol. The summed E-state index contributed by atoms with van der Waals surface area (Å²) in [5.41, 5.74) is 1.47. The molecule has 0 spiro atoms. The number of guanidine groups is 1. The zero-order chi connectivity index (χ0) is 19.0. The number of hydrogen-bond donors (Lipinski definition) is 2. The molecule has 0 radical (unpaired) electrons. The summed E-state index contributed by atoms with van der Waals surface area (Å²) < 4.78 is 5.64. The van der Waals surface area contributed by atoms with Crippen LogP contribution in [0.2, 0.25) is 0 Å². The maximum absolute atomic E-state index is 5.64. The summed E-state index contributed by atoms with van der Waals surface area (Å²) in [6.45, 7) is 8.17. The molecule has 3 rings (SSSR count). The maximum atomic E-state index is 5.64. The topological polar surface area (TPSA) is 58.5 Å². The van der Waals surface area contributed by atoms with E-state index < -0.39 is 0 Å². The highest BCUT2D eigenvalue weighted by Gasteiger charge is 2.34. The van der Waals surface area contributed by atoms with Gasteiger partial charge in [0.1, 0.15) is 5.01 Å². The number of nitrogens with zero attached hydrogens (tertiary/aromatic N) is 2. The van der Waals surface area contributed by atoms with Gasteiger partial charge in [-0.25, -0.2) is 9.98 Å². The van der Waals surface area contributed by atoms with Gasteiger partial charge < -0.3 is 15.4 Å². The fourth-order valence-corrected chi connectivity index (χ4v) is 4.23. The molecule has 2 N–H and O–H groups in total. The average Bonchev–Trinajstić information content (AvgIpc) is 3.19. The molecule has 0 saturated carbocycles. The number of aromatic nitrogens is 1. The second-order valence-corrected chi connectivity index (χ2v) is 8.08. The van der Waals surface area contributed by atoms with Crippen molar-refractivity contribution in [2.75, 3.05) is 26.3 Å². The first-order chi connectivity index (χ1) is 13.3. The maximum Gasteiger partial charge on any atom is 0.191 e. The molecule has 1 aliphatic rings. The lowest BCUT2D eigenvalue weighted by atomic mass is 9.74. The van der Waals surface area contributed by atoms with Gasteiger partial charge in [0.2, 0.25) is 0 Å². The minimum atomic E-state index is 0.0895. The second kappa shape index (κ2) is 9.85. The minimum Gasteiger partial charge on any atom is -0.381 e. The Morgan fingerprint density at radius 3 is 2.63 bits per heavy atom. The molecule has 6 heteroatoms. The van der Waals surface area contributed by atoms with Crippen molar-refractivity contribution in [3.63, 3.8) is 0 Å². The predicted octanol–water partition coefficient (Wildman–Crippen LogP) is 3.51. The number of rotatable bonds is 7. The lowest BCUT2D eigenvalue weighted by Crippen LogP contribution is -2.48. The molecule has 1 aromatic heterocycles. The summed E-state index contributed by atoms with van der Waals surface area (Å²) in [5, 5.41) is 8.01. The van der Waals surface area contributed by atoms with Crippen molar-refractivity contribution in [2.45, 2.75) is 45.1 Å². The summed E-state index contributed by atoms with van der Waals surface area (Å²) in [7, 11) is 0. The van der Waals surface area contributed by atoms with Gasteiger partial charge in [0, 0.05) is 42.8 Å². The summed E-state index contributed by atoms with van der Waals surface area (Å²) in [6.07, 6.45) is 5.04. The third kappa shape index (κ3) is 5.30. The number of aliphatic imine (C=N–C) groups is 1. The molecule has 0 unspecified atom stereocenters. The first-order valence-electron chi connectivity index (χ1n) is 9.85. The number of hydrogen-bond acceptors (Lipinski definition) is 4. The molecule has 1 aromatic carbocycles. The first kappa shape index (κ1) is 19.8. The van der Waals surface area contributed by atoms with Crippen LogP contribution in [0.3, 0.4) is 0 Å². The van der Waals surface area contributed by atoms with E-state index in [2.05, 4.69) is 59.8 Å². The van der Waals surface area contributed by atoms with Crippen LogP contribution in [0.4, 0.5) is 0 Å². The normalized spacial score (nSPS) is 16.9. The van der Waals surface area contributed by atoms with Gasteiger partial charge in [-0.2, -0.15) is 0 Å². The molecule has 0 amide bonds. The second-order valence-electron chi connectivity index (χ2n) is 6.88. The van der Waals surface area contributed by atoms with Gasteiger partial charge in [0.25, 0.3) is 0 Å². The zero-order valence-electron chi connectivity index (χ0n) is 16.3. The fraction of sp³-hybridized carbons (Fsp3) is 0.524. The lowest BCUT2D eigenvalue weighted by molar-refractivity contribution is 0.0514. The number of aryl methyl sites for hydroxylation is 1. The Balaban J connectivity index is 1.69. The Hall–Kier alpha value is -1.92. The van der Waals surface area contributed by atoms with Gasteiger partial charge in [0.05, 0.1) is 6.54 Å². The Bertz CT molecular complexity index is 723. The van der Waals surface area contributed by atoms with E-state index in [-0.39, 0.29) is 5.41 Å². The van der Waals surface area contributed by atoms with Gasteiger partial charge in [-0.05, 0) is 31.7 Å². The van der Waals surface area contributed by atoms with Gasteiger partial charge in [-0.1, -0.05) is 37.3 Å². The Kier molecular flexibility index (Phi) is 7.24. The van der Waals surface area contributed by atoms with E-state index >= 15 is 0 Å². The van der Waals surface area contributed by atoms with Crippen LogP contribution in [0, 0.1) is 0 Å². The van der Waals surface area contributed by atoms with Gasteiger partial charge in [0.15, 0.2) is 5.96 Å². The molecule has 0 aliphatic carbocycles. The van der Waals surface area contributed by atoms with Crippen LogP contribution in [-0.4, -0.2) is 37.2 Å². The minimum absolute atomic E-state index is 0.0895. The highest BCUT2D eigenvalue weighted by atomic mass is 32.1. The Labute approximate surface area is 166 Å². The number of thiazole rings is 1. The van der Waals surface area contributed by atoms with Crippen LogP contribution in [0.5, 0.6) is 0 Å². The van der Waals surface area contributed by atoms with Crippen LogP contribution in [0.15, 0.2) is 41.5 Å². The molecule has 2 heterocycles. The molecule has 0 atom stereocenters. The first-order valence-corrected chi connectivity index (χ1v) is 10.7. The van der Waals surface area contributed by atoms with Crippen molar-refractivity contribution in [1.82, 2.24) is 15.6 Å². The number of ether oxygens (including phenoxy) is 1. The monoisotopic (exact) mass is 386 g/mol. The van der Waals surface area contributed by atoms with E-state index in [0.29, 0.717) is 6.54 Å². The molecule has 5 nitrogen and oxygen atoms in total. The van der Waals surface area contributed by atoms with Crippen LogP contribution >= 0.6 is 11.3 Å². The molecule has 1 aliphatic heterocycles. The highest BCUT2D eigenvalue weighted by molar-refractivity contribution is 7.11. The molecule has 146 valence electrons. The number of nitrogens with one attached hydrogen (secondary N) is 2. The van der Waals surface area contributed by atoms with Crippen molar-refractivity contribution in [2.24, 2.45) is 4.99 Å². The highest BCUT2D eigenvalue weighted by Crippen LogP contribution is 2.34. The molecular formula is C21H30N4OS. The quantitative estimate of drug-likeness (QED) is 0.565. The van der Waals surface area contributed by atoms with E-state index in [4.69, 9.17) is 9.73 Å². The third-order valence-electron chi connectivity index (χ3n) is 5.10. The van der Waals surface area contributed by atoms with E-state index in [1.54, 1.807) is 11.3 Å². The van der Waals surface area contributed by atoms with Crippen LogP contribution < -0.4 is 10.6 Å². The van der Waals surface area contributed by atoms with E-state index in [1.165, 1.54) is 10.4 Å². The van der Waals surface area contributed by atoms with E-state index in [0.717, 1.165) is 56.5 Å². The molecule has 1 saturated heterocycles. The standard InChI is InChI=1S/C21H30N4OS/c1-3-18-14-23-19(27-18)15-24-20(22-4-2)25-16-21(10-12-26-13-11-21)17-8-6-5-7-9-17/h5-9,14H,3-4,10-13,15-16H2,1-2H3,(H2,22,24,25). The van der Waals surface area contributed by atoms with Crippen molar-refractivity contribution in [3.8, 4) is 0 Å². The van der Waals surface area contributed by atoms with Crippen LogP contribution in [0.1, 0.15) is 42.1 Å². The number of benzene rings is 1. The third-order valence-corrected chi connectivity index (χ3v) is 6.22. The summed E-state index contributed by atoms with van der Waals surface area (Å²) >= 11 is 1.74. The van der Waals surface area contributed by atoms with Crippen LogP contribution in [0.25, 0.3) is 0 Å². The van der Waals surface area contributed by atoms with Gasteiger partial charge in [-0.3, -0.25) is 0 Å². The average molecular weight is 387 g/mol. The van der Waals surface area contributed by atoms with Gasteiger partial charge in [-0.15, -0.1) is 11.3 Å². The van der Waals surface area contributed by atoms with Crippen LogP contribution in [-0.2, 0) is 23.1 Å². The van der Waals surface area contributed by atoms with Crippen molar-refractivity contribution in [1.29, 1.82) is 0 Å². The lowest BCUT2D eigenvalue weighted by Gasteiger charge is -2.38. The van der Waals surface area contributed by atoms with Crippen molar-refractivity contribution in [3.05, 3.63) is 52.0 Å². The largest absolute Gasteiger partial charge is 0.381 e. The Morgan fingerprint density at radius 2 is 1.96 bits per heavy atom. The fourth-order valence-electron chi connectivity index (χ4n) is 3.45. The SMILES string of the molecule is CCNC(=NCc1ncc(CC)s1)NCC1(c2ccccc2)CCOCC1. The van der Waals surface area contributed by atoms with E-state index in [9.17, 15) is 0 Å². The van der Waals surface area contributed by atoms with Crippen molar-refractivity contribution >= 4 is 17.3 Å². The summed E-state index contributed by atoms with van der Waals surface area (Å²) in [4.78, 5) is 10.5. The molecule has 27 heavy (non-hydrogen) atoms. The summed E-state index contributed by atoms with van der Waals surface area (Å²) in [6, 6.07) is 10.8. The predicted molar refractivity (Wildman–Crippen MR) is 112 cm³/mol. The summed E-state index contributed by atoms with van der Waals surface area (Å²) in [5.74, 6) is 0.854. The van der Waals surface area contributed by atoms with E-state index in [1.807, 2.05) is 6.20 Å². The molecule has 2 aromatic rings. The zero-order valence-corrected chi connectivity index (χ0v) is 17.1. The van der Waals surface area contributed by atoms with Gasteiger partial charge >= 0.3 is 0 Å². The Morgan fingerprint density at radius 1 is 1.19 bits per heavy atom. The van der Waals surface area contributed by atoms with Crippen molar-refractivity contribution < 1.29 is 4.74 Å². The smallest absolute Gasteiger partial charge is 0.191 e. The molecule has 1 fully saturated rings.